The van der Waals surface area contributed by atoms with Crippen LogP contribution < -0.4 is 14.2 Å². The summed E-state index contributed by atoms with van der Waals surface area (Å²) in [5.74, 6) is 2.28. The second kappa shape index (κ2) is 24.3. The van der Waals surface area contributed by atoms with Crippen LogP contribution in [0.1, 0.15) is 33.4 Å². The summed E-state index contributed by atoms with van der Waals surface area (Å²) in [6.45, 7) is 2.44. The van der Waals surface area contributed by atoms with Gasteiger partial charge in [-0.25, -0.2) is 0 Å². The van der Waals surface area contributed by atoms with Crippen LogP contribution in [-0.4, -0.2) is 71.2 Å². The molecule has 63 heavy (non-hydrogen) atoms. The van der Waals surface area contributed by atoms with Crippen molar-refractivity contribution in [2.24, 2.45) is 0 Å². The van der Waals surface area contributed by atoms with Crippen LogP contribution in [0.25, 0.3) is 0 Å². The fourth-order valence-corrected chi connectivity index (χ4v) is 7.54. The van der Waals surface area contributed by atoms with Gasteiger partial charge in [-0.2, -0.15) is 0 Å². The lowest BCUT2D eigenvalue weighted by atomic mass is 9.83. The first-order valence-corrected chi connectivity index (χ1v) is 21.4. The molecule has 0 saturated heterocycles. The minimum absolute atomic E-state index is 0.262. The maximum absolute atomic E-state index is 7.05. The summed E-state index contributed by atoms with van der Waals surface area (Å²) < 4.78 is 64.7. The minimum atomic E-state index is -0.690. The van der Waals surface area contributed by atoms with Crippen molar-refractivity contribution in [3.63, 3.8) is 0 Å². The maximum Gasteiger partial charge on any atom is 0.118 e. The van der Waals surface area contributed by atoms with Gasteiger partial charge in [0.05, 0.1) is 74.2 Å². The van der Waals surface area contributed by atoms with Crippen LogP contribution in [0.5, 0.6) is 17.2 Å². The minimum Gasteiger partial charge on any atom is -0.497 e. The molecule has 0 aromatic heterocycles. The van der Waals surface area contributed by atoms with Crippen molar-refractivity contribution >= 4 is 0 Å². The molecule has 7 rings (SSSR count). The zero-order valence-corrected chi connectivity index (χ0v) is 36.3. The largest absolute Gasteiger partial charge is 0.497 e. The summed E-state index contributed by atoms with van der Waals surface area (Å²) in [5.41, 5.74) is 5.96. The summed E-state index contributed by atoms with van der Waals surface area (Å²) in [6, 6.07) is 53.8. The molecule has 330 valence electrons. The van der Waals surface area contributed by atoms with Crippen molar-refractivity contribution in [1.82, 2.24) is 0 Å². The van der Waals surface area contributed by atoms with E-state index < -0.39 is 36.6 Å². The average Bonchev–Trinajstić information content (AvgIpc) is 3.35. The first kappa shape index (κ1) is 45.5. The molecule has 0 unspecified atom stereocenters. The van der Waals surface area contributed by atoms with E-state index in [0.717, 1.165) is 50.6 Å². The molecule has 0 amide bonds. The molecule has 10 heteroatoms. The van der Waals surface area contributed by atoms with Gasteiger partial charge in [-0.05, 0) is 69.8 Å². The van der Waals surface area contributed by atoms with E-state index in [9.17, 15) is 0 Å². The highest BCUT2D eigenvalue weighted by atomic mass is 16.6. The second-order valence-corrected chi connectivity index (χ2v) is 15.3. The summed E-state index contributed by atoms with van der Waals surface area (Å²) >= 11 is 0. The van der Waals surface area contributed by atoms with Crippen LogP contribution >= 0.6 is 0 Å². The van der Waals surface area contributed by atoms with E-state index in [1.165, 1.54) is 0 Å². The van der Waals surface area contributed by atoms with E-state index in [1.54, 1.807) is 21.3 Å². The molecule has 6 aromatic rings. The molecule has 0 N–H and O–H groups in total. The monoisotopic (exact) mass is 854 g/mol. The predicted molar refractivity (Wildman–Crippen MR) is 241 cm³/mol. The Hall–Kier alpha value is -5.56. The van der Waals surface area contributed by atoms with Crippen LogP contribution in [0, 0.1) is 0 Å². The molecular weight excluding hydrogens is 797 g/mol. The van der Waals surface area contributed by atoms with E-state index in [1.807, 2.05) is 164 Å². The first-order chi connectivity index (χ1) is 31.1. The molecular formula is C53H58O10. The van der Waals surface area contributed by atoms with Gasteiger partial charge in [0.15, 0.2) is 0 Å². The van der Waals surface area contributed by atoms with Gasteiger partial charge in [0.25, 0.3) is 0 Å². The molecule has 6 atom stereocenters. The molecule has 1 saturated carbocycles. The van der Waals surface area contributed by atoms with Gasteiger partial charge in [-0.3, -0.25) is 0 Å². The lowest BCUT2D eigenvalue weighted by Crippen LogP contribution is -2.67. The van der Waals surface area contributed by atoms with Gasteiger partial charge in [0.1, 0.15) is 53.9 Å². The van der Waals surface area contributed by atoms with Crippen molar-refractivity contribution in [1.29, 1.82) is 0 Å². The standard InChI is InChI=1S/C53H58O10/c1-54-45-25-19-42(20-26-45)36-61-50-48(58-32-31-57-33-39-13-7-4-8-14-39)49(59-34-40-15-9-5-10-16-40)52(62-37-43-21-27-46(55-2)28-22-43)53(51(50)60-35-41-17-11-6-12-18-41)63-38-44-23-29-47(56-3)30-24-44/h4-30,48-53H,31-38H2,1-3H3/t48-,49+,50+,51-,52+,53+/m0/s1. The Kier molecular flexibility index (Phi) is 17.6. The highest BCUT2D eigenvalue weighted by molar-refractivity contribution is 5.29. The molecule has 1 fully saturated rings. The van der Waals surface area contributed by atoms with Crippen molar-refractivity contribution < 1.29 is 47.4 Å². The van der Waals surface area contributed by atoms with Gasteiger partial charge < -0.3 is 47.4 Å². The number of ether oxygens (including phenoxy) is 10. The molecule has 1 aliphatic rings. The summed E-state index contributed by atoms with van der Waals surface area (Å²) in [7, 11) is 4.97. The smallest absolute Gasteiger partial charge is 0.118 e. The van der Waals surface area contributed by atoms with Gasteiger partial charge in [0, 0.05) is 0 Å². The normalized spacial score (nSPS) is 19.7. The Labute approximate surface area is 371 Å². The SMILES string of the molecule is COc1ccc(CO[C@@H]2[C@@H](OCc3ccccc3)[C@H](OCc3ccc(OC)cc3)[C@@H](OCCOCc3ccccc3)[C@@H](OCc3ccccc3)[C@H]2OCc2ccc(OC)cc2)cc1. The van der Waals surface area contributed by atoms with Crippen LogP contribution in [0.3, 0.4) is 0 Å². The van der Waals surface area contributed by atoms with E-state index in [0.29, 0.717) is 26.4 Å². The third-order valence-electron chi connectivity index (χ3n) is 11.0. The van der Waals surface area contributed by atoms with Crippen molar-refractivity contribution in [3.8, 4) is 17.2 Å². The highest BCUT2D eigenvalue weighted by Gasteiger charge is 2.55. The van der Waals surface area contributed by atoms with E-state index in [-0.39, 0.29) is 26.4 Å². The topological polar surface area (TPSA) is 92.3 Å². The average molecular weight is 855 g/mol. The Morgan fingerprint density at radius 1 is 0.270 bits per heavy atom. The Morgan fingerprint density at radius 3 is 0.810 bits per heavy atom. The molecule has 10 nitrogen and oxygen atoms in total. The Bertz CT molecular complexity index is 2150. The Balaban J connectivity index is 1.27. The van der Waals surface area contributed by atoms with Crippen LogP contribution in [0.2, 0.25) is 0 Å². The highest BCUT2D eigenvalue weighted by Crippen LogP contribution is 2.37. The second-order valence-electron chi connectivity index (χ2n) is 15.3. The van der Waals surface area contributed by atoms with Crippen LogP contribution in [0.15, 0.2) is 164 Å². The summed E-state index contributed by atoms with van der Waals surface area (Å²) in [6.07, 6.45) is -4.12. The molecule has 0 aliphatic heterocycles. The van der Waals surface area contributed by atoms with Gasteiger partial charge in [0.2, 0.25) is 0 Å². The first-order valence-electron chi connectivity index (χ1n) is 21.4. The molecule has 6 aromatic carbocycles. The summed E-state index contributed by atoms with van der Waals surface area (Å²) in [4.78, 5) is 0. The van der Waals surface area contributed by atoms with Crippen molar-refractivity contribution in [2.45, 2.75) is 76.3 Å². The number of methoxy groups -OCH3 is 3. The molecule has 1 aliphatic carbocycles. The van der Waals surface area contributed by atoms with E-state index in [2.05, 4.69) is 0 Å². The maximum atomic E-state index is 7.05. The van der Waals surface area contributed by atoms with Crippen molar-refractivity contribution in [3.05, 3.63) is 197 Å². The zero-order chi connectivity index (χ0) is 43.5. The predicted octanol–water partition coefficient (Wildman–Crippen LogP) is 9.55. The van der Waals surface area contributed by atoms with Gasteiger partial charge in [-0.1, -0.05) is 127 Å². The van der Waals surface area contributed by atoms with Gasteiger partial charge in [-0.15, -0.1) is 0 Å². The lowest BCUT2D eigenvalue weighted by Gasteiger charge is -2.49. The van der Waals surface area contributed by atoms with Gasteiger partial charge >= 0.3 is 0 Å². The van der Waals surface area contributed by atoms with E-state index >= 15 is 0 Å². The fourth-order valence-electron chi connectivity index (χ4n) is 7.54. The third-order valence-corrected chi connectivity index (χ3v) is 11.0. The molecule has 0 radical (unpaired) electrons. The van der Waals surface area contributed by atoms with E-state index in [4.69, 9.17) is 47.4 Å². The Morgan fingerprint density at radius 2 is 0.524 bits per heavy atom. The number of rotatable bonds is 24. The van der Waals surface area contributed by atoms with Crippen LogP contribution in [0.4, 0.5) is 0 Å². The number of hydrogen-bond donors (Lipinski definition) is 0. The number of benzene rings is 6. The molecule has 0 spiro atoms. The van der Waals surface area contributed by atoms with Crippen LogP contribution in [-0.2, 0) is 72.8 Å². The molecule has 0 bridgehead atoms. The fraction of sp³-hybridized carbons (Fsp3) is 0.321. The number of hydrogen-bond acceptors (Lipinski definition) is 10. The zero-order valence-electron chi connectivity index (χ0n) is 36.3. The molecule has 0 heterocycles. The summed E-state index contributed by atoms with van der Waals surface area (Å²) in [5, 5.41) is 0. The lowest BCUT2D eigenvalue weighted by molar-refractivity contribution is -0.291. The van der Waals surface area contributed by atoms with Crippen molar-refractivity contribution in [2.75, 3.05) is 34.5 Å². The quantitative estimate of drug-likeness (QED) is 0.0549. The third kappa shape index (κ3) is 13.5.